The zero-order valence-electron chi connectivity index (χ0n) is 9.17. The topological polar surface area (TPSA) is 3.24 Å². The Morgan fingerprint density at radius 1 is 1.08 bits per heavy atom. The first kappa shape index (κ1) is 10.0. The lowest BCUT2D eigenvalue weighted by Gasteiger charge is -2.37. The van der Waals surface area contributed by atoms with Gasteiger partial charge in [-0.05, 0) is 26.9 Å². The minimum atomic E-state index is 0.796. The van der Waals surface area contributed by atoms with Crippen LogP contribution in [0.3, 0.4) is 0 Å². The summed E-state index contributed by atoms with van der Waals surface area (Å²) in [5, 5.41) is 0. The third-order valence-corrected chi connectivity index (χ3v) is 3.10. The molecule has 1 saturated carbocycles. The second kappa shape index (κ2) is 3.35. The normalized spacial score (nSPS) is 31.5. The number of hydrogen-bond donors (Lipinski definition) is 0. The molecule has 0 heterocycles. The van der Waals surface area contributed by atoms with Crippen LogP contribution in [-0.4, -0.2) is 56.7 Å². The maximum atomic E-state index is 2.39. The highest BCUT2D eigenvalue weighted by atomic mass is 15.3. The lowest BCUT2D eigenvalue weighted by molar-refractivity contribution is -0.897. The van der Waals surface area contributed by atoms with E-state index in [2.05, 4.69) is 40.1 Å². The van der Waals surface area contributed by atoms with Gasteiger partial charge in [-0.25, -0.2) is 0 Å². The van der Waals surface area contributed by atoms with Crippen LogP contribution in [0, 0.1) is 0 Å². The Balaban J connectivity index is 2.64. The molecular weight excluding hydrogens is 148 g/mol. The van der Waals surface area contributed by atoms with Crippen molar-refractivity contribution in [1.82, 2.24) is 4.90 Å². The Morgan fingerprint density at radius 3 is 2.00 bits per heavy atom. The molecule has 1 fully saturated rings. The first-order valence-electron chi connectivity index (χ1n) is 4.90. The fraction of sp³-hybridized carbons (Fsp3) is 1.00. The van der Waals surface area contributed by atoms with Crippen LogP contribution in [0.5, 0.6) is 0 Å². The van der Waals surface area contributed by atoms with Crippen LogP contribution in [0.2, 0.25) is 0 Å². The van der Waals surface area contributed by atoms with Gasteiger partial charge in [0, 0.05) is 6.42 Å². The van der Waals surface area contributed by atoms with Crippen molar-refractivity contribution < 1.29 is 4.48 Å². The molecule has 0 aromatic heterocycles. The largest absolute Gasteiger partial charge is 0.327 e. The molecule has 0 N–H and O–H groups in total. The van der Waals surface area contributed by atoms with Crippen LogP contribution in [0.4, 0.5) is 0 Å². The van der Waals surface area contributed by atoms with Gasteiger partial charge in [0.05, 0.1) is 27.2 Å². The molecule has 2 atom stereocenters. The molecule has 0 radical (unpaired) electrons. The Morgan fingerprint density at radius 2 is 1.67 bits per heavy atom. The molecule has 12 heavy (non-hydrogen) atoms. The van der Waals surface area contributed by atoms with E-state index in [1.54, 1.807) is 0 Å². The molecular formula is C10H23N2+. The van der Waals surface area contributed by atoms with Crippen molar-refractivity contribution in [3.8, 4) is 0 Å². The fourth-order valence-corrected chi connectivity index (χ4v) is 2.43. The average Bonchev–Trinajstić information content (AvgIpc) is 2.30. The molecule has 2 heteroatoms. The Bertz CT molecular complexity index is 146. The molecule has 1 aliphatic rings. The van der Waals surface area contributed by atoms with Crippen LogP contribution >= 0.6 is 0 Å². The lowest BCUT2D eigenvalue weighted by Crippen LogP contribution is -2.53. The van der Waals surface area contributed by atoms with Crippen molar-refractivity contribution >= 4 is 0 Å². The van der Waals surface area contributed by atoms with E-state index in [1.807, 2.05) is 0 Å². The lowest BCUT2D eigenvalue weighted by atomic mass is 10.1. The van der Waals surface area contributed by atoms with Crippen molar-refractivity contribution in [2.24, 2.45) is 0 Å². The van der Waals surface area contributed by atoms with Crippen molar-refractivity contribution in [3.63, 3.8) is 0 Å². The predicted octanol–water partition coefficient (Wildman–Crippen LogP) is 1.18. The van der Waals surface area contributed by atoms with E-state index in [-0.39, 0.29) is 0 Å². The molecule has 0 bridgehead atoms. The summed E-state index contributed by atoms with van der Waals surface area (Å²) in [6.45, 7) is 0. The first-order chi connectivity index (χ1) is 5.43. The molecule has 72 valence electrons. The number of rotatable bonds is 2. The monoisotopic (exact) mass is 171 g/mol. The zero-order valence-corrected chi connectivity index (χ0v) is 9.17. The van der Waals surface area contributed by atoms with Gasteiger partial charge in [-0.15, -0.1) is 0 Å². The summed E-state index contributed by atoms with van der Waals surface area (Å²) in [4.78, 5) is 2.39. The number of quaternary nitrogens is 1. The summed E-state index contributed by atoms with van der Waals surface area (Å²) in [5.74, 6) is 0. The Hall–Kier alpha value is -0.0800. The molecule has 0 aromatic rings. The molecule has 2 nitrogen and oxygen atoms in total. The summed E-state index contributed by atoms with van der Waals surface area (Å²) >= 11 is 0. The quantitative estimate of drug-likeness (QED) is 0.564. The molecule has 0 aliphatic heterocycles. The minimum absolute atomic E-state index is 0.796. The predicted molar refractivity (Wildman–Crippen MR) is 53.1 cm³/mol. The van der Waals surface area contributed by atoms with Crippen LogP contribution in [0.1, 0.15) is 19.3 Å². The SMILES string of the molecule is CN(C)[C@H]1CCC[C@@H]1[N+](C)(C)C. The second-order valence-electron chi connectivity index (χ2n) is 5.15. The summed E-state index contributed by atoms with van der Waals surface area (Å²) in [6.07, 6.45) is 4.18. The summed E-state index contributed by atoms with van der Waals surface area (Å²) < 4.78 is 1.11. The molecule has 0 saturated heterocycles. The average molecular weight is 171 g/mol. The molecule has 0 amide bonds. The van der Waals surface area contributed by atoms with E-state index in [0.29, 0.717) is 0 Å². The molecule has 1 rings (SSSR count). The van der Waals surface area contributed by atoms with E-state index in [4.69, 9.17) is 0 Å². The minimum Gasteiger partial charge on any atom is -0.327 e. The standard InChI is InChI=1S/C10H23N2/c1-11(2)9-7-6-8-10(9)12(3,4)5/h9-10H,6-8H2,1-5H3/q+1/t9-,10-/m0/s1. The zero-order chi connectivity index (χ0) is 9.35. The molecule has 1 aliphatic carbocycles. The number of hydrogen-bond acceptors (Lipinski definition) is 1. The highest BCUT2D eigenvalue weighted by Crippen LogP contribution is 2.28. The van der Waals surface area contributed by atoms with E-state index >= 15 is 0 Å². The van der Waals surface area contributed by atoms with Gasteiger partial charge in [-0.2, -0.15) is 0 Å². The van der Waals surface area contributed by atoms with Crippen molar-refractivity contribution in [2.75, 3.05) is 35.2 Å². The summed E-state index contributed by atoms with van der Waals surface area (Å²) in [7, 11) is 11.3. The third-order valence-electron chi connectivity index (χ3n) is 3.10. The molecule has 0 unspecified atom stereocenters. The second-order valence-corrected chi connectivity index (χ2v) is 5.15. The summed E-state index contributed by atoms with van der Waals surface area (Å²) in [6, 6.07) is 1.63. The van der Waals surface area contributed by atoms with Gasteiger partial charge in [0.2, 0.25) is 0 Å². The number of nitrogens with zero attached hydrogens (tertiary/aromatic N) is 2. The van der Waals surface area contributed by atoms with Gasteiger partial charge in [-0.1, -0.05) is 0 Å². The van der Waals surface area contributed by atoms with Gasteiger partial charge in [0.1, 0.15) is 6.04 Å². The van der Waals surface area contributed by atoms with Crippen LogP contribution in [0.15, 0.2) is 0 Å². The van der Waals surface area contributed by atoms with Gasteiger partial charge in [0.25, 0.3) is 0 Å². The van der Waals surface area contributed by atoms with E-state index in [9.17, 15) is 0 Å². The maximum absolute atomic E-state index is 2.39. The highest BCUT2D eigenvalue weighted by Gasteiger charge is 2.37. The third kappa shape index (κ3) is 1.99. The Labute approximate surface area is 76.7 Å². The Kier molecular flexibility index (Phi) is 2.79. The number of likely N-dealkylation sites (N-methyl/N-ethyl adjacent to an activating group) is 2. The summed E-state index contributed by atoms with van der Waals surface area (Å²) in [5.41, 5.74) is 0. The van der Waals surface area contributed by atoms with Crippen molar-refractivity contribution in [1.29, 1.82) is 0 Å². The first-order valence-corrected chi connectivity index (χ1v) is 4.90. The van der Waals surface area contributed by atoms with Crippen LogP contribution < -0.4 is 0 Å². The van der Waals surface area contributed by atoms with Crippen LogP contribution in [-0.2, 0) is 0 Å². The molecule has 0 spiro atoms. The van der Waals surface area contributed by atoms with Crippen molar-refractivity contribution in [2.45, 2.75) is 31.3 Å². The van der Waals surface area contributed by atoms with Crippen molar-refractivity contribution in [3.05, 3.63) is 0 Å². The molecule has 0 aromatic carbocycles. The highest BCUT2D eigenvalue weighted by molar-refractivity contribution is 4.83. The van der Waals surface area contributed by atoms with E-state index < -0.39 is 0 Å². The van der Waals surface area contributed by atoms with Gasteiger partial charge < -0.3 is 9.38 Å². The smallest absolute Gasteiger partial charge is 0.104 e. The van der Waals surface area contributed by atoms with Crippen LogP contribution in [0.25, 0.3) is 0 Å². The van der Waals surface area contributed by atoms with Gasteiger partial charge >= 0.3 is 0 Å². The van der Waals surface area contributed by atoms with E-state index in [1.165, 1.54) is 19.3 Å². The van der Waals surface area contributed by atoms with Gasteiger partial charge in [-0.3, -0.25) is 0 Å². The fourth-order valence-electron chi connectivity index (χ4n) is 2.43. The maximum Gasteiger partial charge on any atom is 0.104 e. The van der Waals surface area contributed by atoms with E-state index in [0.717, 1.165) is 16.6 Å². The van der Waals surface area contributed by atoms with Gasteiger partial charge in [0.15, 0.2) is 0 Å².